The summed E-state index contributed by atoms with van der Waals surface area (Å²) in [5.74, 6) is -1.66. The molecule has 7 heteroatoms. The summed E-state index contributed by atoms with van der Waals surface area (Å²) in [4.78, 5) is 33.7. The molecule has 0 spiro atoms. The average molecular weight is 294 g/mol. The summed E-state index contributed by atoms with van der Waals surface area (Å²) < 4.78 is 0. The smallest absolute Gasteiger partial charge is 0.311 e. The molecule has 114 valence electrons. The Bertz CT molecular complexity index is 585. The number of nitro benzene ring substituents is 1. The largest absolute Gasteiger partial charge is 0.481 e. The van der Waals surface area contributed by atoms with Gasteiger partial charge in [0.2, 0.25) is 0 Å². The molecule has 1 amide bonds. The number of carbonyl (C=O) groups excluding carboxylic acids is 1. The third-order valence-corrected chi connectivity index (χ3v) is 3.61. The van der Waals surface area contributed by atoms with Crippen molar-refractivity contribution < 1.29 is 19.6 Å². The molecule has 2 N–H and O–H groups in total. The van der Waals surface area contributed by atoms with Gasteiger partial charge in [0.1, 0.15) is 5.56 Å². The van der Waals surface area contributed by atoms with E-state index in [0.29, 0.717) is 12.0 Å². The third kappa shape index (κ3) is 3.56. The normalized spacial score (nSPS) is 13.3. The molecule has 1 atom stereocenters. The van der Waals surface area contributed by atoms with Crippen molar-refractivity contribution in [1.82, 2.24) is 5.32 Å². The monoisotopic (exact) mass is 294 g/mol. The van der Waals surface area contributed by atoms with Crippen LogP contribution >= 0.6 is 0 Å². The van der Waals surface area contributed by atoms with Crippen molar-refractivity contribution in [2.24, 2.45) is 5.41 Å². The summed E-state index contributed by atoms with van der Waals surface area (Å²) in [6.45, 7) is 4.72. The minimum absolute atomic E-state index is 0.0358. The first kappa shape index (κ1) is 16.6. The van der Waals surface area contributed by atoms with Gasteiger partial charge in [0.05, 0.1) is 10.3 Å². The number of nitro groups is 1. The van der Waals surface area contributed by atoms with Gasteiger partial charge in [0.15, 0.2) is 0 Å². The molecule has 0 aromatic heterocycles. The van der Waals surface area contributed by atoms with Crippen LogP contribution in [0.1, 0.15) is 36.2 Å². The van der Waals surface area contributed by atoms with E-state index in [9.17, 15) is 19.7 Å². The second kappa shape index (κ2) is 6.34. The lowest BCUT2D eigenvalue weighted by Crippen LogP contribution is -2.40. The van der Waals surface area contributed by atoms with Crippen LogP contribution in [0.2, 0.25) is 0 Å². The molecule has 1 aromatic rings. The number of carboxylic acids is 1. The van der Waals surface area contributed by atoms with E-state index >= 15 is 0 Å². The molecular formula is C14H18N2O5. The predicted molar refractivity (Wildman–Crippen MR) is 76.2 cm³/mol. The minimum atomic E-state index is -1.10. The first-order chi connectivity index (χ1) is 9.73. The Kier molecular flexibility index (Phi) is 5.02. The number of nitrogens with zero attached hydrogens (tertiary/aromatic N) is 1. The van der Waals surface area contributed by atoms with E-state index in [1.807, 2.05) is 0 Å². The van der Waals surface area contributed by atoms with E-state index in [2.05, 4.69) is 5.32 Å². The summed E-state index contributed by atoms with van der Waals surface area (Å²) >= 11 is 0. The highest BCUT2D eigenvalue weighted by Gasteiger charge is 2.32. The fourth-order valence-electron chi connectivity index (χ4n) is 1.82. The molecule has 0 bridgehead atoms. The van der Waals surface area contributed by atoms with Crippen LogP contribution in [0.3, 0.4) is 0 Å². The lowest BCUT2D eigenvalue weighted by molar-refractivity contribution is -0.385. The predicted octanol–water partition coefficient (Wildman–Crippen LogP) is 2.13. The molecule has 1 rings (SSSR count). The van der Waals surface area contributed by atoms with E-state index < -0.39 is 22.2 Å². The molecule has 0 saturated carbocycles. The SMILES string of the molecule is CCC(C)(CNC(=O)c1c(C)cccc1[N+](=O)[O-])C(=O)O. The average Bonchev–Trinajstić information content (AvgIpc) is 2.43. The van der Waals surface area contributed by atoms with Crippen LogP contribution in [-0.4, -0.2) is 28.5 Å². The molecule has 0 radical (unpaired) electrons. The van der Waals surface area contributed by atoms with Gasteiger partial charge in [-0.1, -0.05) is 19.1 Å². The van der Waals surface area contributed by atoms with Gasteiger partial charge in [0.25, 0.3) is 11.6 Å². The summed E-state index contributed by atoms with van der Waals surface area (Å²) in [5.41, 5.74) is -0.963. The molecule has 0 aliphatic rings. The zero-order valence-corrected chi connectivity index (χ0v) is 12.2. The maximum atomic E-state index is 12.2. The van der Waals surface area contributed by atoms with E-state index in [1.165, 1.54) is 19.1 Å². The van der Waals surface area contributed by atoms with E-state index in [4.69, 9.17) is 5.11 Å². The van der Waals surface area contributed by atoms with Crippen LogP contribution in [0.25, 0.3) is 0 Å². The second-order valence-corrected chi connectivity index (χ2v) is 5.13. The van der Waals surface area contributed by atoms with Gasteiger partial charge in [-0.05, 0) is 25.8 Å². The molecule has 0 heterocycles. The Labute approximate surface area is 122 Å². The lowest BCUT2D eigenvalue weighted by atomic mass is 9.87. The Balaban J connectivity index is 3.01. The standard InChI is InChI=1S/C14H18N2O5/c1-4-14(3,13(18)19)8-15-12(17)11-9(2)6-5-7-10(11)16(20)21/h5-7H,4,8H2,1-3H3,(H,15,17)(H,18,19). The van der Waals surface area contributed by atoms with Gasteiger partial charge in [-0.25, -0.2) is 0 Å². The van der Waals surface area contributed by atoms with Crippen LogP contribution in [0.15, 0.2) is 18.2 Å². The second-order valence-electron chi connectivity index (χ2n) is 5.13. The van der Waals surface area contributed by atoms with Gasteiger partial charge in [-0.15, -0.1) is 0 Å². The summed E-state index contributed by atoms with van der Waals surface area (Å²) in [5, 5.41) is 22.6. The number of nitrogens with one attached hydrogen (secondary N) is 1. The van der Waals surface area contributed by atoms with Crippen molar-refractivity contribution in [2.75, 3.05) is 6.54 Å². The van der Waals surface area contributed by atoms with Gasteiger partial charge in [-0.3, -0.25) is 19.7 Å². The zero-order valence-electron chi connectivity index (χ0n) is 12.2. The van der Waals surface area contributed by atoms with Crippen LogP contribution < -0.4 is 5.32 Å². The highest BCUT2D eigenvalue weighted by Crippen LogP contribution is 2.23. The topological polar surface area (TPSA) is 110 Å². The fraction of sp³-hybridized carbons (Fsp3) is 0.429. The summed E-state index contributed by atoms with van der Waals surface area (Å²) in [6.07, 6.45) is 0.332. The molecule has 0 aliphatic carbocycles. The van der Waals surface area contributed by atoms with Crippen molar-refractivity contribution in [1.29, 1.82) is 0 Å². The van der Waals surface area contributed by atoms with Gasteiger partial charge >= 0.3 is 5.97 Å². The summed E-state index contributed by atoms with van der Waals surface area (Å²) in [7, 11) is 0. The van der Waals surface area contributed by atoms with Crippen LogP contribution in [0.5, 0.6) is 0 Å². The van der Waals surface area contributed by atoms with Crippen molar-refractivity contribution in [2.45, 2.75) is 27.2 Å². The van der Waals surface area contributed by atoms with Gasteiger partial charge in [0, 0.05) is 12.6 Å². The first-order valence-electron chi connectivity index (χ1n) is 6.48. The van der Waals surface area contributed by atoms with Crippen molar-refractivity contribution in [3.05, 3.63) is 39.4 Å². The lowest BCUT2D eigenvalue weighted by Gasteiger charge is -2.23. The maximum absolute atomic E-state index is 12.2. The molecule has 21 heavy (non-hydrogen) atoms. The Morgan fingerprint density at radius 3 is 2.52 bits per heavy atom. The van der Waals surface area contributed by atoms with Crippen LogP contribution in [-0.2, 0) is 4.79 Å². The van der Waals surface area contributed by atoms with Crippen molar-refractivity contribution in [3.8, 4) is 0 Å². The van der Waals surface area contributed by atoms with Crippen molar-refractivity contribution in [3.63, 3.8) is 0 Å². The Hall–Kier alpha value is -2.44. The Morgan fingerprint density at radius 1 is 1.43 bits per heavy atom. The molecule has 0 aliphatic heterocycles. The number of aryl methyl sites for hydroxylation is 1. The Morgan fingerprint density at radius 2 is 2.05 bits per heavy atom. The first-order valence-corrected chi connectivity index (χ1v) is 6.48. The number of amides is 1. The summed E-state index contributed by atoms with van der Waals surface area (Å²) in [6, 6.07) is 4.34. The number of carbonyl (C=O) groups is 2. The molecular weight excluding hydrogens is 276 g/mol. The number of carboxylic acid groups (broad SMARTS) is 1. The number of aliphatic carboxylic acids is 1. The number of benzene rings is 1. The zero-order chi connectivity index (χ0) is 16.2. The number of hydrogen-bond donors (Lipinski definition) is 2. The highest BCUT2D eigenvalue weighted by molar-refractivity contribution is 5.99. The highest BCUT2D eigenvalue weighted by atomic mass is 16.6. The van der Waals surface area contributed by atoms with E-state index in [1.54, 1.807) is 19.9 Å². The van der Waals surface area contributed by atoms with E-state index in [0.717, 1.165) is 0 Å². The molecule has 0 saturated heterocycles. The van der Waals surface area contributed by atoms with Crippen LogP contribution in [0, 0.1) is 22.5 Å². The van der Waals surface area contributed by atoms with E-state index in [-0.39, 0.29) is 17.8 Å². The molecule has 1 aromatic carbocycles. The van der Waals surface area contributed by atoms with Gasteiger partial charge in [-0.2, -0.15) is 0 Å². The minimum Gasteiger partial charge on any atom is -0.481 e. The molecule has 0 fully saturated rings. The molecule has 7 nitrogen and oxygen atoms in total. The van der Waals surface area contributed by atoms with Crippen LogP contribution in [0.4, 0.5) is 5.69 Å². The maximum Gasteiger partial charge on any atom is 0.311 e. The van der Waals surface area contributed by atoms with Crippen molar-refractivity contribution >= 4 is 17.6 Å². The third-order valence-electron chi connectivity index (χ3n) is 3.61. The molecule has 1 unspecified atom stereocenters. The number of rotatable bonds is 6. The fourth-order valence-corrected chi connectivity index (χ4v) is 1.82. The van der Waals surface area contributed by atoms with Gasteiger partial charge < -0.3 is 10.4 Å². The quantitative estimate of drug-likeness (QED) is 0.617. The number of hydrogen-bond acceptors (Lipinski definition) is 4.